The Balaban J connectivity index is 1.82. The summed E-state index contributed by atoms with van der Waals surface area (Å²) in [6.07, 6.45) is 4.00. The molecular formula is C18H31N5. The van der Waals surface area contributed by atoms with Crippen molar-refractivity contribution < 1.29 is 0 Å². The Bertz CT molecular complexity index is 518. The van der Waals surface area contributed by atoms with E-state index in [0.29, 0.717) is 6.54 Å². The van der Waals surface area contributed by atoms with Gasteiger partial charge in [-0.05, 0) is 58.8 Å². The van der Waals surface area contributed by atoms with Crippen LogP contribution in [0, 0.1) is 6.92 Å². The van der Waals surface area contributed by atoms with Crippen LogP contribution >= 0.6 is 0 Å². The van der Waals surface area contributed by atoms with Crippen LogP contribution in [-0.2, 0) is 6.54 Å². The molecule has 23 heavy (non-hydrogen) atoms. The van der Waals surface area contributed by atoms with Gasteiger partial charge in [0.05, 0.1) is 12.2 Å². The van der Waals surface area contributed by atoms with Gasteiger partial charge in [0.25, 0.3) is 0 Å². The lowest BCUT2D eigenvalue weighted by molar-refractivity contribution is 0.0982. The first-order chi connectivity index (χ1) is 11.0. The number of guanidine groups is 1. The van der Waals surface area contributed by atoms with E-state index >= 15 is 0 Å². The molecule has 1 aromatic heterocycles. The Morgan fingerprint density at radius 3 is 2.61 bits per heavy atom. The highest BCUT2D eigenvalue weighted by molar-refractivity contribution is 5.79. The van der Waals surface area contributed by atoms with Gasteiger partial charge in [-0.2, -0.15) is 0 Å². The number of likely N-dealkylation sites (tertiary alicyclic amines) is 1. The second-order valence-corrected chi connectivity index (χ2v) is 6.91. The van der Waals surface area contributed by atoms with Crippen molar-refractivity contribution in [1.29, 1.82) is 0 Å². The van der Waals surface area contributed by atoms with E-state index in [9.17, 15) is 0 Å². The van der Waals surface area contributed by atoms with E-state index in [2.05, 4.69) is 39.4 Å². The predicted octanol–water partition coefficient (Wildman–Crippen LogP) is 2.32. The van der Waals surface area contributed by atoms with Crippen LogP contribution in [0.3, 0.4) is 0 Å². The minimum absolute atomic E-state index is 0.139. The van der Waals surface area contributed by atoms with Crippen LogP contribution in [0.1, 0.15) is 44.5 Å². The Kier molecular flexibility index (Phi) is 6.39. The van der Waals surface area contributed by atoms with Gasteiger partial charge in [0, 0.05) is 24.8 Å². The minimum atomic E-state index is 0.139. The lowest BCUT2D eigenvalue weighted by atomic mass is 9.98. The van der Waals surface area contributed by atoms with Gasteiger partial charge in [-0.15, -0.1) is 0 Å². The molecule has 0 radical (unpaired) electrons. The summed E-state index contributed by atoms with van der Waals surface area (Å²) < 4.78 is 0. The fourth-order valence-corrected chi connectivity index (χ4v) is 3.00. The van der Waals surface area contributed by atoms with E-state index in [1.54, 1.807) is 0 Å². The fraction of sp³-hybridized carbons (Fsp3) is 0.667. The van der Waals surface area contributed by atoms with Gasteiger partial charge in [-0.25, -0.2) is 0 Å². The van der Waals surface area contributed by atoms with Crippen LogP contribution in [0.2, 0.25) is 0 Å². The van der Waals surface area contributed by atoms with Gasteiger partial charge in [0.1, 0.15) is 0 Å². The van der Waals surface area contributed by atoms with Crippen molar-refractivity contribution in [3.63, 3.8) is 0 Å². The summed E-state index contributed by atoms with van der Waals surface area (Å²) in [5.41, 5.74) is 2.21. The number of pyridine rings is 1. The second kappa shape index (κ2) is 8.29. The smallest absolute Gasteiger partial charge is 0.191 e. The maximum absolute atomic E-state index is 4.51. The number of aromatic nitrogens is 1. The average Bonchev–Trinajstić information content (AvgIpc) is 2.56. The molecule has 1 fully saturated rings. The Morgan fingerprint density at radius 1 is 1.22 bits per heavy atom. The lowest BCUT2D eigenvalue weighted by Gasteiger charge is -2.41. The molecule has 2 N–H and O–H groups in total. The Labute approximate surface area is 140 Å². The number of aryl methyl sites for hydroxylation is 1. The predicted molar refractivity (Wildman–Crippen MR) is 96.7 cm³/mol. The molecule has 0 saturated carbocycles. The summed E-state index contributed by atoms with van der Waals surface area (Å²) in [5, 5.41) is 6.81. The van der Waals surface area contributed by atoms with Crippen molar-refractivity contribution in [3.8, 4) is 0 Å². The summed E-state index contributed by atoms with van der Waals surface area (Å²) in [5.74, 6) is 0.832. The number of nitrogens with one attached hydrogen (secondary N) is 2. The van der Waals surface area contributed by atoms with Gasteiger partial charge >= 0.3 is 0 Å². The summed E-state index contributed by atoms with van der Waals surface area (Å²) in [6.45, 7) is 10.6. The molecule has 1 aliphatic rings. The first-order valence-electron chi connectivity index (χ1n) is 8.63. The van der Waals surface area contributed by atoms with E-state index < -0.39 is 0 Å². The molecule has 2 heterocycles. The summed E-state index contributed by atoms with van der Waals surface area (Å²) >= 11 is 0. The molecule has 0 unspecified atom stereocenters. The van der Waals surface area contributed by atoms with Crippen molar-refractivity contribution in [3.05, 3.63) is 29.6 Å². The van der Waals surface area contributed by atoms with Gasteiger partial charge in [0.2, 0.25) is 0 Å². The lowest BCUT2D eigenvalue weighted by Crippen LogP contribution is -2.54. The normalized spacial score (nSPS) is 17.1. The zero-order valence-corrected chi connectivity index (χ0v) is 15.0. The monoisotopic (exact) mass is 317 g/mol. The number of rotatable bonds is 5. The molecular weight excluding hydrogens is 286 g/mol. The largest absolute Gasteiger partial charge is 0.355 e. The molecule has 1 saturated heterocycles. The maximum atomic E-state index is 4.51. The molecule has 0 spiro atoms. The van der Waals surface area contributed by atoms with Crippen molar-refractivity contribution in [2.75, 3.05) is 26.7 Å². The SMILES string of the molecule is CN=C(NCc1cccc(C)n1)NCC(C)(C)N1CCCCC1. The average molecular weight is 317 g/mol. The quantitative estimate of drug-likeness (QED) is 0.646. The first kappa shape index (κ1) is 17.7. The van der Waals surface area contributed by atoms with Crippen LogP contribution in [-0.4, -0.2) is 48.1 Å². The molecule has 1 aliphatic heterocycles. The van der Waals surface area contributed by atoms with E-state index in [0.717, 1.165) is 23.9 Å². The molecule has 0 bridgehead atoms. The highest BCUT2D eigenvalue weighted by Crippen LogP contribution is 2.19. The molecule has 5 heteroatoms. The zero-order chi connectivity index (χ0) is 16.7. The summed E-state index contributed by atoms with van der Waals surface area (Å²) in [6, 6.07) is 6.08. The molecule has 0 amide bonds. The van der Waals surface area contributed by atoms with Crippen LogP contribution < -0.4 is 10.6 Å². The zero-order valence-electron chi connectivity index (χ0n) is 15.0. The number of hydrogen-bond acceptors (Lipinski definition) is 3. The summed E-state index contributed by atoms with van der Waals surface area (Å²) in [7, 11) is 1.81. The molecule has 0 atom stereocenters. The molecule has 0 aliphatic carbocycles. The van der Waals surface area contributed by atoms with E-state index in [4.69, 9.17) is 0 Å². The minimum Gasteiger partial charge on any atom is -0.355 e. The standard InChI is InChI=1S/C18H31N5/c1-15-9-8-10-16(22-15)13-20-17(19-4)21-14-18(2,3)23-11-6-5-7-12-23/h8-10H,5-7,11-14H2,1-4H3,(H2,19,20,21). The molecule has 2 rings (SSSR count). The Hall–Kier alpha value is -1.62. The Morgan fingerprint density at radius 2 is 1.96 bits per heavy atom. The molecule has 128 valence electrons. The van der Waals surface area contributed by atoms with Crippen molar-refractivity contribution in [2.45, 2.75) is 52.1 Å². The van der Waals surface area contributed by atoms with E-state index in [1.165, 1.54) is 32.4 Å². The van der Waals surface area contributed by atoms with Crippen LogP contribution in [0.15, 0.2) is 23.2 Å². The van der Waals surface area contributed by atoms with Gasteiger partial charge in [0.15, 0.2) is 5.96 Å². The van der Waals surface area contributed by atoms with Crippen molar-refractivity contribution >= 4 is 5.96 Å². The van der Waals surface area contributed by atoms with Crippen LogP contribution in [0.25, 0.3) is 0 Å². The summed E-state index contributed by atoms with van der Waals surface area (Å²) in [4.78, 5) is 11.4. The highest BCUT2D eigenvalue weighted by Gasteiger charge is 2.27. The third kappa shape index (κ3) is 5.50. The van der Waals surface area contributed by atoms with Crippen molar-refractivity contribution in [2.24, 2.45) is 4.99 Å². The third-order valence-electron chi connectivity index (χ3n) is 4.51. The second-order valence-electron chi connectivity index (χ2n) is 6.91. The molecule has 1 aromatic rings. The number of piperidine rings is 1. The topological polar surface area (TPSA) is 52.6 Å². The fourth-order valence-electron chi connectivity index (χ4n) is 3.00. The maximum Gasteiger partial charge on any atom is 0.191 e. The first-order valence-corrected chi connectivity index (χ1v) is 8.63. The molecule has 0 aromatic carbocycles. The van der Waals surface area contributed by atoms with Gasteiger partial charge < -0.3 is 10.6 Å². The van der Waals surface area contributed by atoms with Gasteiger partial charge in [-0.1, -0.05) is 12.5 Å². The number of hydrogen-bond donors (Lipinski definition) is 2. The van der Waals surface area contributed by atoms with Gasteiger partial charge in [-0.3, -0.25) is 14.9 Å². The molecule has 5 nitrogen and oxygen atoms in total. The van der Waals surface area contributed by atoms with E-state index in [1.807, 2.05) is 32.2 Å². The third-order valence-corrected chi connectivity index (χ3v) is 4.51. The number of nitrogens with zero attached hydrogens (tertiary/aromatic N) is 3. The number of aliphatic imine (C=N–C) groups is 1. The van der Waals surface area contributed by atoms with Crippen molar-refractivity contribution in [1.82, 2.24) is 20.5 Å². The van der Waals surface area contributed by atoms with Crippen LogP contribution in [0.5, 0.6) is 0 Å². The highest BCUT2D eigenvalue weighted by atomic mass is 15.2. The van der Waals surface area contributed by atoms with Crippen LogP contribution in [0.4, 0.5) is 0 Å². The van der Waals surface area contributed by atoms with E-state index in [-0.39, 0.29) is 5.54 Å².